The Morgan fingerprint density at radius 2 is 1.41 bits per heavy atom. The van der Waals surface area contributed by atoms with Crippen LogP contribution < -0.4 is 9.07 Å². The lowest BCUT2D eigenvalue weighted by Gasteiger charge is -2.26. The van der Waals surface area contributed by atoms with Crippen LogP contribution >= 0.6 is 0 Å². The van der Waals surface area contributed by atoms with Crippen molar-refractivity contribution in [1.29, 1.82) is 0 Å². The summed E-state index contributed by atoms with van der Waals surface area (Å²) in [5, 5.41) is 1.87. The van der Waals surface area contributed by atoms with E-state index >= 15 is 0 Å². The number of hydrogen-bond donors (Lipinski definition) is 0. The van der Waals surface area contributed by atoms with Crippen molar-refractivity contribution in [1.82, 2.24) is 0 Å². The van der Waals surface area contributed by atoms with Crippen LogP contribution in [0.5, 0.6) is 11.5 Å². The van der Waals surface area contributed by atoms with Crippen LogP contribution in [-0.2, 0) is 30.9 Å². The fourth-order valence-corrected chi connectivity index (χ4v) is 2.94. The highest BCUT2D eigenvalue weighted by molar-refractivity contribution is 7.90. The second kappa shape index (κ2) is 8.51. The summed E-state index contributed by atoms with van der Waals surface area (Å²) in [6, 6.07) is 13.9. The molecule has 27 heavy (non-hydrogen) atoms. The van der Waals surface area contributed by atoms with Crippen molar-refractivity contribution in [3.8, 4) is 11.5 Å². The molecule has 1 unspecified atom stereocenters. The molecular weight excluding hydrogens is 388 g/mol. The van der Waals surface area contributed by atoms with E-state index in [1.54, 1.807) is 36.4 Å². The maximum atomic E-state index is 11.4. The van der Waals surface area contributed by atoms with E-state index in [4.69, 9.17) is 9.07 Å². The van der Waals surface area contributed by atoms with E-state index in [0.29, 0.717) is 5.75 Å². The second-order valence-electron chi connectivity index (χ2n) is 6.00. The summed E-state index contributed by atoms with van der Waals surface area (Å²) in [6.45, 7) is 10.6. The van der Waals surface area contributed by atoms with E-state index in [1.165, 1.54) is 0 Å². The Labute approximate surface area is 161 Å². The van der Waals surface area contributed by atoms with Crippen LogP contribution in [0.3, 0.4) is 0 Å². The average molecular weight is 408 g/mol. The minimum atomic E-state index is -3.78. The van der Waals surface area contributed by atoms with E-state index < -0.39 is 21.2 Å². The Kier molecular flexibility index (Phi) is 6.59. The van der Waals surface area contributed by atoms with Crippen molar-refractivity contribution in [3.05, 3.63) is 83.6 Å². The molecule has 144 valence electrons. The smallest absolute Gasteiger partial charge is 0.331 e. The predicted octanol–water partition coefficient (Wildman–Crippen LogP) is 3.98. The normalized spacial score (nSPS) is 12.8. The van der Waals surface area contributed by atoms with Crippen LogP contribution in [0.1, 0.15) is 25.0 Å². The Balaban J connectivity index is 2.16. The van der Waals surface area contributed by atoms with Crippen molar-refractivity contribution < 1.29 is 26.0 Å². The molecule has 2 aromatic carbocycles. The third-order valence-corrected chi connectivity index (χ3v) is 5.21. The minimum absolute atomic E-state index is 0.213. The molecule has 0 saturated heterocycles. The summed E-state index contributed by atoms with van der Waals surface area (Å²) in [7, 11) is -3.78. The molecule has 0 heterocycles. The quantitative estimate of drug-likeness (QED) is 0.355. The second-order valence-corrected chi connectivity index (χ2v) is 8.47. The summed E-state index contributed by atoms with van der Waals surface area (Å²) in [6.07, 6.45) is 0. The molecule has 0 N–H and O–H groups in total. The third kappa shape index (κ3) is 5.53. The van der Waals surface area contributed by atoms with Crippen molar-refractivity contribution in [3.63, 3.8) is 0 Å². The van der Waals surface area contributed by atoms with Gasteiger partial charge in [-0.05, 0) is 35.4 Å². The highest BCUT2D eigenvalue weighted by Crippen LogP contribution is 2.33. The Hall–Kier alpha value is -2.42. The van der Waals surface area contributed by atoms with E-state index in [0.717, 1.165) is 21.9 Å². The lowest BCUT2D eigenvalue weighted by atomic mass is 9.78. The van der Waals surface area contributed by atoms with Gasteiger partial charge < -0.3 is 9.07 Å². The van der Waals surface area contributed by atoms with E-state index in [9.17, 15) is 12.6 Å². The summed E-state index contributed by atoms with van der Waals surface area (Å²) in [5.41, 5.74) is 1.59. The van der Waals surface area contributed by atoms with E-state index in [2.05, 4.69) is 17.5 Å². The van der Waals surface area contributed by atoms with Gasteiger partial charge in [-0.25, -0.2) is 4.21 Å². The molecule has 1 atom stereocenters. The van der Waals surface area contributed by atoms with Crippen LogP contribution in [0.4, 0.5) is 0 Å². The standard InChI is InChI=1S/C19H20O6S2/c1-5-26(20)25-23-17-11-7-15(8-12-17)19(3,4)16-9-13-18(14-10-16)24-27(21,22)6-2/h5-14H,1-2H2,3-4H3. The maximum absolute atomic E-state index is 11.4. The highest BCUT2D eigenvalue weighted by Gasteiger charge is 2.23. The first-order valence-electron chi connectivity index (χ1n) is 7.84. The fourth-order valence-electron chi connectivity index (χ4n) is 2.29. The van der Waals surface area contributed by atoms with Gasteiger partial charge >= 0.3 is 10.1 Å². The van der Waals surface area contributed by atoms with Crippen molar-refractivity contribution >= 4 is 21.2 Å². The van der Waals surface area contributed by atoms with Gasteiger partial charge in [-0.3, -0.25) is 0 Å². The average Bonchev–Trinajstić information content (AvgIpc) is 2.66. The predicted molar refractivity (Wildman–Crippen MR) is 105 cm³/mol. The molecule has 0 fully saturated rings. The third-order valence-electron chi connectivity index (χ3n) is 3.90. The molecule has 0 aliphatic heterocycles. The molecule has 0 aliphatic rings. The van der Waals surface area contributed by atoms with Gasteiger partial charge in [-0.2, -0.15) is 8.42 Å². The van der Waals surface area contributed by atoms with Gasteiger partial charge in [-0.15, -0.1) is 0 Å². The van der Waals surface area contributed by atoms with Gasteiger partial charge in [0.2, 0.25) is 11.1 Å². The first-order chi connectivity index (χ1) is 12.7. The molecule has 0 radical (unpaired) electrons. The van der Waals surface area contributed by atoms with Gasteiger partial charge in [0.15, 0.2) is 5.75 Å². The molecule has 0 aromatic heterocycles. The lowest BCUT2D eigenvalue weighted by molar-refractivity contribution is -0.0842. The first kappa shape index (κ1) is 20.9. The monoisotopic (exact) mass is 408 g/mol. The van der Waals surface area contributed by atoms with Crippen molar-refractivity contribution in [2.24, 2.45) is 0 Å². The molecule has 0 aliphatic carbocycles. The van der Waals surface area contributed by atoms with Gasteiger partial charge in [-0.1, -0.05) is 55.6 Å². The Morgan fingerprint density at radius 1 is 0.926 bits per heavy atom. The Bertz CT molecular complexity index is 929. The largest absolute Gasteiger partial charge is 0.379 e. The highest BCUT2D eigenvalue weighted by atomic mass is 32.2. The summed E-state index contributed by atoms with van der Waals surface area (Å²) in [5.74, 6) is 0.619. The number of benzene rings is 2. The van der Waals surface area contributed by atoms with Crippen LogP contribution in [-0.4, -0.2) is 12.6 Å². The molecule has 8 heteroatoms. The zero-order chi connectivity index (χ0) is 20.1. The minimum Gasteiger partial charge on any atom is -0.379 e. The van der Waals surface area contributed by atoms with E-state index in [1.807, 2.05) is 26.0 Å². The summed E-state index contributed by atoms with van der Waals surface area (Å²) in [4.78, 5) is 4.95. The molecule has 2 aromatic rings. The van der Waals surface area contributed by atoms with E-state index in [-0.39, 0.29) is 11.2 Å². The molecule has 6 nitrogen and oxygen atoms in total. The van der Waals surface area contributed by atoms with Crippen molar-refractivity contribution in [2.75, 3.05) is 0 Å². The van der Waals surface area contributed by atoms with Crippen LogP contribution in [0.15, 0.2) is 72.5 Å². The topological polar surface area (TPSA) is 78.9 Å². The molecule has 0 bridgehead atoms. The molecule has 0 amide bonds. The number of hydrogen-bond acceptors (Lipinski definition) is 6. The van der Waals surface area contributed by atoms with Gasteiger partial charge in [0.1, 0.15) is 5.75 Å². The molecule has 0 saturated carbocycles. The molecule has 2 rings (SSSR count). The SMILES string of the molecule is C=CS(=O)OOc1ccc(C(C)(C)c2ccc(OS(=O)(=O)C=C)cc2)cc1. The zero-order valence-corrected chi connectivity index (χ0v) is 16.6. The van der Waals surface area contributed by atoms with Crippen molar-refractivity contribution in [2.45, 2.75) is 19.3 Å². The fraction of sp³-hybridized carbons (Fsp3) is 0.158. The van der Waals surface area contributed by atoms with Gasteiger partial charge in [0.25, 0.3) is 0 Å². The van der Waals surface area contributed by atoms with Crippen LogP contribution in [0.2, 0.25) is 0 Å². The van der Waals surface area contributed by atoms with Gasteiger partial charge in [0.05, 0.1) is 5.41 Å². The lowest BCUT2D eigenvalue weighted by Crippen LogP contribution is -2.18. The maximum Gasteiger partial charge on any atom is 0.331 e. The van der Waals surface area contributed by atoms with Crippen LogP contribution in [0.25, 0.3) is 0 Å². The van der Waals surface area contributed by atoms with Crippen LogP contribution in [0, 0.1) is 0 Å². The Morgan fingerprint density at radius 3 is 1.85 bits per heavy atom. The molecule has 0 spiro atoms. The summed E-state index contributed by atoms with van der Waals surface area (Å²) >= 11 is -1.71. The first-order valence-corrected chi connectivity index (χ1v) is 10.4. The number of rotatable bonds is 9. The van der Waals surface area contributed by atoms with Gasteiger partial charge in [0, 0.05) is 10.8 Å². The molecular formula is C19H20O6S2. The summed E-state index contributed by atoms with van der Waals surface area (Å²) < 4.78 is 43.5. The zero-order valence-electron chi connectivity index (χ0n) is 15.0.